The van der Waals surface area contributed by atoms with Crippen molar-refractivity contribution in [3.63, 3.8) is 0 Å². The van der Waals surface area contributed by atoms with E-state index in [1.165, 1.54) is 5.69 Å². The zero-order chi connectivity index (χ0) is 21.4. The third-order valence-corrected chi connectivity index (χ3v) is 6.19. The minimum atomic E-state index is -0.537. The van der Waals surface area contributed by atoms with Gasteiger partial charge in [-0.1, -0.05) is 12.1 Å². The maximum absolute atomic E-state index is 10.2. The number of aliphatic hydroxyl groups is 1. The number of piperidine rings is 1. The molecule has 3 aromatic heterocycles. The van der Waals surface area contributed by atoms with E-state index in [0.717, 1.165) is 59.2 Å². The highest BCUT2D eigenvalue weighted by Crippen LogP contribution is 2.32. The molecule has 0 radical (unpaired) electrons. The number of pyridine rings is 2. The minimum Gasteiger partial charge on any atom is -0.481 e. The quantitative estimate of drug-likeness (QED) is 0.508. The number of rotatable bonds is 4. The molecule has 2 N–H and O–H groups in total. The van der Waals surface area contributed by atoms with Crippen molar-refractivity contribution in [3.05, 3.63) is 61.1 Å². The lowest BCUT2D eigenvalue weighted by molar-refractivity contribution is 0.0351. The molecule has 4 aromatic rings. The molecule has 0 atom stereocenters. The number of aromatic amines is 1. The number of methoxy groups -OCH3 is 1. The summed E-state index contributed by atoms with van der Waals surface area (Å²) in [5.41, 5.74) is 5.79. The number of ether oxygens (including phenoxy) is 1. The Kier molecular flexibility index (Phi) is 4.87. The highest BCUT2D eigenvalue weighted by Gasteiger charge is 2.27. The fraction of sp³-hybridized carbons (Fsp3) is 0.280. The number of benzene rings is 1. The molecule has 1 saturated heterocycles. The normalized spacial score (nSPS) is 15.9. The summed E-state index contributed by atoms with van der Waals surface area (Å²) in [4.78, 5) is 14.5. The number of nitrogens with zero attached hydrogens (tertiary/aromatic N) is 3. The molecule has 0 saturated carbocycles. The molecule has 1 aliphatic heterocycles. The Morgan fingerprint density at radius 1 is 0.968 bits per heavy atom. The van der Waals surface area contributed by atoms with Gasteiger partial charge in [0.1, 0.15) is 5.65 Å². The minimum absolute atomic E-state index is 0.537. The lowest BCUT2D eigenvalue weighted by atomic mass is 9.93. The number of aromatic nitrogens is 3. The lowest BCUT2D eigenvalue weighted by Crippen LogP contribution is -2.42. The molecule has 4 heterocycles. The second-order valence-electron chi connectivity index (χ2n) is 8.44. The van der Waals surface area contributed by atoms with Crippen molar-refractivity contribution in [2.45, 2.75) is 25.4 Å². The third kappa shape index (κ3) is 3.86. The Hall–Kier alpha value is -3.38. The van der Waals surface area contributed by atoms with Gasteiger partial charge >= 0.3 is 0 Å². The van der Waals surface area contributed by atoms with Crippen LogP contribution in [0.3, 0.4) is 0 Å². The van der Waals surface area contributed by atoms with Crippen LogP contribution >= 0.6 is 0 Å². The van der Waals surface area contributed by atoms with E-state index in [-0.39, 0.29) is 0 Å². The Bertz CT molecular complexity index is 1190. The number of hydrogen-bond donors (Lipinski definition) is 2. The molecule has 0 spiro atoms. The standard InChI is InChI=1S/C25H26N4O2/c1-25(30)9-11-29(12-10-25)20-6-3-17(4-7-20)19-13-21-22(16-28-24(21)27-15-19)18-5-8-23(31-2)26-14-18/h3-8,13-16,30H,9-12H2,1-2H3,(H,27,28). The van der Waals surface area contributed by atoms with Crippen LogP contribution in [-0.2, 0) is 0 Å². The van der Waals surface area contributed by atoms with Gasteiger partial charge in [-0.25, -0.2) is 9.97 Å². The van der Waals surface area contributed by atoms with E-state index in [1.54, 1.807) is 7.11 Å². The molecular formula is C25H26N4O2. The molecule has 1 fully saturated rings. The first-order valence-corrected chi connectivity index (χ1v) is 10.6. The largest absolute Gasteiger partial charge is 0.481 e. The van der Waals surface area contributed by atoms with Crippen LogP contribution < -0.4 is 9.64 Å². The van der Waals surface area contributed by atoms with Crippen molar-refractivity contribution in [1.82, 2.24) is 15.0 Å². The Morgan fingerprint density at radius 3 is 2.35 bits per heavy atom. The molecule has 6 nitrogen and oxygen atoms in total. The van der Waals surface area contributed by atoms with Gasteiger partial charge in [0.15, 0.2) is 0 Å². The van der Waals surface area contributed by atoms with E-state index in [2.05, 4.69) is 50.2 Å². The predicted octanol–water partition coefficient (Wildman–Crippen LogP) is 4.65. The van der Waals surface area contributed by atoms with Crippen molar-refractivity contribution in [1.29, 1.82) is 0 Å². The number of anilines is 1. The molecule has 0 amide bonds. The number of H-pyrrole nitrogens is 1. The van der Waals surface area contributed by atoms with Crippen LogP contribution in [0.25, 0.3) is 33.3 Å². The van der Waals surface area contributed by atoms with Crippen LogP contribution in [0, 0.1) is 0 Å². The third-order valence-electron chi connectivity index (χ3n) is 6.19. The second-order valence-corrected chi connectivity index (χ2v) is 8.44. The molecule has 0 unspecified atom stereocenters. The van der Waals surface area contributed by atoms with E-state index in [4.69, 9.17) is 4.74 Å². The summed E-state index contributed by atoms with van der Waals surface area (Å²) in [6, 6.07) is 14.6. The lowest BCUT2D eigenvalue weighted by Gasteiger charge is -2.37. The van der Waals surface area contributed by atoms with Gasteiger partial charge in [0, 0.05) is 65.5 Å². The summed E-state index contributed by atoms with van der Waals surface area (Å²) in [6.45, 7) is 3.68. The molecule has 1 aromatic carbocycles. The fourth-order valence-electron chi connectivity index (χ4n) is 4.17. The average molecular weight is 415 g/mol. The number of hydrogen-bond acceptors (Lipinski definition) is 5. The van der Waals surface area contributed by atoms with Gasteiger partial charge in [0.25, 0.3) is 0 Å². The van der Waals surface area contributed by atoms with Crippen molar-refractivity contribution < 1.29 is 9.84 Å². The van der Waals surface area contributed by atoms with E-state index in [1.807, 2.05) is 37.6 Å². The zero-order valence-corrected chi connectivity index (χ0v) is 17.8. The molecule has 6 heteroatoms. The van der Waals surface area contributed by atoms with E-state index in [9.17, 15) is 5.11 Å². The van der Waals surface area contributed by atoms with Crippen LogP contribution in [0.5, 0.6) is 5.88 Å². The molecule has 5 rings (SSSR count). The first-order chi connectivity index (χ1) is 15.0. The summed E-state index contributed by atoms with van der Waals surface area (Å²) in [5.74, 6) is 0.597. The summed E-state index contributed by atoms with van der Waals surface area (Å²) >= 11 is 0. The van der Waals surface area contributed by atoms with Crippen LogP contribution in [0.2, 0.25) is 0 Å². The Labute approximate surface area is 181 Å². The number of fused-ring (bicyclic) bond motifs is 1. The fourth-order valence-corrected chi connectivity index (χ4v) is 4.17. The average Bonchev–Trinajstić information content (AvgIpc) is 3.22. The van der Waals surface area contributed by atoms with Gasteiger partial charge in [0.05, 0.1) is 12.7 Å². The van der Waals surface area contributed by atoms with E-state index < -0.39 is 5.60 Å². The topological polar surface area (TPSA) is 74.3 Å². The van der Waals surface area contributed by atoms with Gasteiger partial charge in [0.2, 0.25) is 5.88 Å². The first-order valence-electron chi connectivity index (χ1n) is 10.6. The molecular weight excluding hydrogens is 388 g/mol. The highest BCUT2D eigenvalue weighted by molar-refractivity contribution is 5.95. The Balaban J connectivity index is 1.42. The summed E-state index contributed by atoms with van der Waals surface area (Å²) in [7, 11) is 1.62. The Morgan fingerprint density at radius 2 is 1.68 bits per heavy atom. The van der Waals surface area contributed by atoms with Gasteiger partial charge < -0.3 is 19.7 Å². The van der Waals surface area contributed by atoms with Gasteiger partial charge in [-0.15, -0.1) is 0 Å². The van der Waals surface area contributed by atoms with E-state index >= 15 is 0 Å². The summed E-state index contributed by atoms with van der Waals surface area (Å²) in [5, 5.41) is 11.2. The van der Waals surface area contributed by atoms with Crippen LogP contribution in [-0.4, -0.2) is 45.9 Å². The van der Waals surface area contributed by atoms with Gasteiger partial charge in [-0.2, -0.15) is 0 Å². The SMILES string of the molecule is COc1ccc(-c2c[nH]c3ncc(-c4ccc(N5CCC(C)(O)CC5)cc4)cc23)cn1. The first kappa shape index (κ1) is 19.6. The maximum Gasteiger partial charge on any atom is 0.212 e. The predicted molar refractivity (Wildman–Crippen MR) is 123 cm³/mol. The molecule has 1 aliphatic rings. The van der Waals surface area contributed by atoms with Gasteiger partial charge in [-0.05, 0) is 49.6 Å². The van der Waals surface area contributed by atoms with Crippen molar-refractivity contribution >= 4 is 16.7 Å². The smallest absolute Gasteiger partial charge is 0.212 e. The second kappa shape index (κ2) is 7.71. The highest BCUT2D eigenvalue weighted by atomic mass is 16.5. The zero-order valence-electron chi connectivity index (χ0n) is 17.8. The van der Waals surface area contributed by atoms with Crippen LogP contribution in [0.1, 0.15) is 19.8 Å². The maximum atomic E-state index is 10.2. The van der Waals surface area contributed by atoms with Gasteiger partial charge in [-0.3, -0.25) is 0 Å². The number of nitrogens with one attached hydrogen (secondary N) is 1. The van der Waals surface area contributed by atoms with Crippen LogP contribution in [0.4, 0.5) is 5.69 Å². The van der Waals surface area contributed by atoms with Crippen molar-refractivity contribution in [3.8, 4) is 28.1 Å². The van der Waals surface area contributed by atoms with E-state index in [0.29, 0.717) is 5.88 Å². The molecule has 158 valence electrons. The molecule has 0 aliphatic carbocycles. The summed E-state index contributed by atoms with van der Waals surface area (Å²) in [6.07, 6.45) is 7.29. The van der Waals surface area contributed by atoms with Crippen molar-refractivity contribution in [2.24, 2.45) is 0 Å². The van der Waals surface area contributed by atoms with Crippen molar-refractivity contribution in [2.75, 3.05) is 25.1 Å². The summed E-state index contributed by atoms with van der Waals surface area (Å²) < 4.78 is 5.17. The van der Waals surface area contributed by atoms with Crippen LogP contribution in [0.15, 0.2) is 61.1 Å². The molecule has 0 bridgehead atoms. The monoisotopic (exact) mass is 414 g/mol. The molecule has 31 heavy (non-hydrogen) atoms.